The summed E-state index contributed by atoms with van der Waals surface area (Å²) >= 11 is 5.94. The van der Waals surface area contributed by atoms with E-state index in [0.29, 0.717) is 28.3 Å². The quantitative estimate of drug-likeness (QED) is 0.662. The molecular weight excluding hydrogens is 380 g/mol. The Kier molecular flexibility index (Phi) is 4.12. The Morgan fingerprint density at radius 2 is 2.12 bits per heavy atom. The summed E-state index contributed by atoms with van der Waals surface area (Å²) in [6.45, 7) is 0. The van der Waals surface area contributed by atoms with Gasteiger partial charge in [-0.1, -0.05) is 11.6 Å². The van der Waals surface area contributed by atoms with Gasteiger partial charge in [0.15, 0.2) is 0 Å². The van der Waals surface area contributed by atoms with Crippen LogP contribution in [-0.4, -0.2) is 30.7 Å². The second-order valence-electron chi connectivity index (χ2n) is 5.92. The Balaban J connectivity index is 1.60. The molecule has 0 atom stereocenters. The Labute approximate surface area is 154 Å². The van der Waals surface area contributed by atoms with Gasteiger partial charge in [-0.2, -0.15) is 0 Å². The van der Waals surface area contributed by atoms with Crippen LogP contribution in [0.5, 0.6) is 5.75 Å². The first-order chi connectivity index (χ1) is 12.5. The first-order valence-corrected chi connectivity index (χ1v) is 9.71. The predicted molar refractivity (Wildman–Crippen MR) is 94.9 cm³/mol. The van der Waals surface area contributed by atoms with E-state index in [1.807, 2.05) is 0 Å². The van der Waals surface area contributed by atoms with Gasteiger partial charge in [-0.05, 0) is 37.1 Å². The molecule has 1 fully saturated rings. The minimum atomic E-state index is -3.86. The second kappa shape index (κ2) is 6.33. The van der Waals surface area contributed by atoms with Gasteiger partial charge in [-0.25, -0.2) is 8.42 Å². The smallest absolute Gasteiger partial charge is 0.264 e. The first kappa shape index (κ1) is 16.9. The molecule has 4 rings (SSSR count). The fourth-order valence-corrected chi connectivity index (χ4v) is 3.68. The SMILES string of the molecule is COc1ccc(Cl)cc1NS(=O)(=O)c1c[nH]c(-c2nnc(C3CC3)o2)c1. The standard InChI is InChI=1S/C16H15ClN4O4S/c1-24-14-5-4-10(17)6-12(14)21-26(22,23)11-7-13(18-8-11)16-20-19-15(25-16)9-2-3-9/h4-9,18,21H,2-3H2,1H3. The number of anilines is 1. The molecule has 26 heavy (non-hydrogen) atoms. The van der Waals surface area contributed by atoms with E-state index in [4.69, 9.17) is 20.8 Å². The molecule has 2 heterocycles. The third-order valence-electron chi connectivity index (χ3n) is 3.97. The van der Waals surface area contributed by atoms with Crippen molar-refractivity contribution in [3.63, 3.8) is 0 Å². The molecule has 0 spiro atoms. The van der Waals surface area contributed by atoms with Crippen molar-refractivity contribution in [3.05, 3.63) is 41.4 Å². The van der Waals surface area contributed by atoms with Gasteiger partial charge < -0.3 is 14.1 Å². The summed E-state index contributed by atoms with van der Waals surface area (Å²) in [5.41, 5.74) is 0.680. The zero-order valence-corrected chi connectivity index (χ0v) is 15.3. The molecule has 2 aromatic heterocycles. The van der Waals surface area contributed by atoms with E-state index in [9.17, 15) is 8.42 Å². The van der Waals surface area contributed by atoms with Crippen LogP contribution in [0.2, 0.25) is 5.02 Å². The summed E-state index contributed by atoms with van der Waals surface area (Å²) in [5.74, 6) is 1.53. The number of aromatic nitrogens is 3. The highest BCUT2D eigenvalue weighted by molar-refractivity contribution is 7.92. The van der Waals surface area contributed by atoms with Gasteiger partial charge in [0.25, 0.3) is 15.9 Å². The molecule has 0 bridgehead atoms. The molecule has 1 aliphatic carbocycles. The number of benzene rings is 1. The summed E-state index contributed by atoms with van der Waals surface area (Å²) < 4.78 is 38.5. The van der Waals surface area contributed by atoms with E-state index in [2.05, 4.69) is 19.9 Å². The number of hydrogen-bond donors (Lipinski definition) is 2. The lowest BCUT2D eigenvalue weighted by molar-refractivity contribution is 0.417. The second-order valence-corrected chi connectivity index (χ2v) is 8.04. The minimum absolute atomic E-state index is 0.0284. The first-order valence-electron chi connectivity index (χ1n) is 7.85. The third kappa shape index (κ3) is 3.27. The molecule has 10 heteroatoms. The third-order valence-corrected chi connectivity index (χ3v) is 5.55. The van der Waals surface area contributed by atoms with Crippen LogP contribution in [0.3, 0.4) is 0 Å². The van der Waals surface area contributed by atoms with E-state index < -0.39 is 10.0 Å². The van der Waals surface area contributed by atoms with E-state index in [-0.39, 0.29) is 16.5 Å². The van der Waals surface area contributed by atoms with Crippen molar-refractivity contribution in [1.82, 2.24) is 15.2 Å². The highest BCUT2D eigenvalue weighted by Crippen LogP contribution is 2.40. The highest BCUT2D eigenvalue weighted by atomic mass is 35.5. The molecule has 8 nitrogen and oxygen atoms in total. The lowest BCUT2D eigenvalue weighted by Crippen LogP contribution is -2.12. The number of H-pyrrole nitrogens is 1. The predicted octanol–water partition coefficient (Wildman–Crippen LogP) is 3.40. The zero-order chi connectivity index (χ0) is 18.3. The molecule has 0 radical (unpaired) electrons. The molecule has 1 aromatic carbocycles. The van der Waals surface area contributed by atoms with Crippen LogP contribution in [0.15, 0.2) is 39.8 Å². The van der Waals surface area contributed by atoms with Crippen LogP contribution in [0.25, 0.3) is 11.6 Å². The van der Waals surface area contributed by atoms with Crippen LogP contribution in [-0.2, 0) is 10.0 Å². The zero-order valence-electron chi connectivity index (χ0n) is 13.7. The fourth-order valence-electron chi connectivity index (χ4n) is 2.46. The van der Waals surface area contributed by atoms with E-state index >= 15 is 0 Å². The van der Waals surface area contributed by atoms with Gasteiger partial charge in [0.2, 0.25) is 5.89 Å². The van der Waals surface area contributed by atoms with E-state index in [0.717, 1.165) is 12.8 Å². The number of ether oxygens (including phenoxy) is 1. The maximum atomic E-state index is 12.7. The number of nitrogens with one attached hydrogen (secondary N) is 2. The molecule has 2 N–H and O–H groups in total. The van der Waals surface area contributed by atoms with Crippen molar-refractivity contribution in [2.75, 3.05) is 11.8 Å². The maximum Gasteiger partial charge on any atom is 0.264 e. The molecule has 3 aromatic rings. The van der Waals surface area contributed by atoms with Gasteiger partial charge in [0.1, 0.15) is 16.3 Å². The largest absolute Gasteiger partial charge is 0.495 e. The van der Waals surface area contributed by atoms with Crippen molar-refractivity contribution in [3.8, 4) is 17.3 Å². The van der Waals surface area contributed by atoms with Crippen LogP contribution in [0.1, 0.15) is 24.7 Å². The Hall–Kier alpha value is -2.52. The van der Waals surface area contributed by atoms with E-state index in [1.54, 1.807) is 12.1 Å². The van der Waals surface area contributed by atoms with Crippen molar-refractivity contribution < 1.29 is 17.6 Å². The van der Waals surface area contributed by atoms with Gasteiger partial charge >= 0.3 is 0 Å². The summed E-state index contributed by atoms with van der Waals surface area (Å²) in [5, 5.41) is 8.34. The van der Waals surface area contributed by atoms with Crippen LogP contribution >= 0.6 is 11.6 Å². The Morgan fingerprint density at radius 3 is 2.85 bits per heavy atom. The number of hydrogen-bond acceptors (Lipinski definition) is 6. The molecule has 1 saturated carbocycles. The molecule has 0 unspecified atom stereocenters. The summed E-state index contributed by atoms with van der Waals surface area (Å²) in [7, 11) is -2.41. The van der Waals surface area contributed by atoms with Crippen molar-refractivity contribution in [2.24, 2.45) is 0 Å². The van der Waals surface area contributed by atoms with Crippen molar-refractivity contribution in [1.29, 1.82) is 0 Å². The lowest BCUT2D eigenvalue weighted by Gasteiger charge is -2.11. The number of rotatable bonds is 6. The number of methoxy groups -OCH3 is 1. The van der Waals surface area contributed by atoms with E-state index in [1.165, 1.54) is 25.4 Å². The van der Waals surface area contributed by atoms with Crippen LogP contribution < -0.4 is 9.46 Å². The van der Waals surface area contributed by atoms with Crippen molar-refractivity contribution >= 4 is 27.3 Å². The van der Waals surface area contributed by atoms with Crippen LogP contribution in [0.4, 0.5) is 5.69 Å². The van der Waals surface area contributed by atoms with Crippen molar-refractivity contribution in [2.45, 2.75) is 23.7 Å². The Morgan fingerprint density at radius 1 is 1.31 bits per heavy atom. The number of sulfonamides is 1. The molecule has 136 valence electrons. The van der Waals surface area contributed by atoms with Gasteiger partial charge in [-0.3, -0.25) is 4.72 Å². The number of aromatic amines is 1. The molecular formula is C16H15ClN4O4S. The summed E-state index contributed by atoms with van der Waals surface area (Å²) in [6.07, 6.45) is 3.43. The van der Waals surface area contributed by atoms with Gasteiger partial charge in [0.05, 0.1) is 12.8 Å². The molecule has 0 saturated heterocycles. The fraction of sp³-hybridized carbons (Fsp3) is 0.250. The molecule has 1 aliphatic rings. The topological polar surface area (TPSA) is 110 Å². The molecule has 0 aliphatic heterocycles. The number of halogens is 1. The van der Waals surface area contributed by atoms with Crippen LogP contribution in [0, 0.1) is 0 Å². The normalized spacial score (nSPS) is 14.4. The molecule has 0 amide bonds. The number of nitrogens with zero attached hydrogens (tertiary/aromatic N) is 2. The van der Waals surface area contributed by atoms with Gasteiger partial charge in [-0.15, -0.1) is 10.2 Å². The Bertz CT molecular complexity index is 1060. The average Bonchev–Trinajstić information content (AvgIpc) is 3.12. The summed E-state index contributed by atoms with van der Waals surface area (Å²) in [4.78, 5) is 2.88. The lowest BCUT2D eigenvalue weighted by atomic mass is 10.3. The minimum Gasteiger partial charge on any atom is -0.495 e. The summed E-state index contributed by atoms with van der Waals surface area (Å²) in [6, 6.07) is 6.11. The highest BCUT2D eigenvalue weighted by Gasteiger charge is 2.30. The monoisotopic (exact) mass is 394 g/mol. The maximum absolute atomic E-state index is 12.7. The van der Waals surface area contributed by atoms with Gasteiger partial charge in [0, 0.05) is 17.1 Å². The average molecular weight is 395 g/mol.